The van der Waals surface area contributed by atoms with Gasteiger partial charge in [-0.05, 0) is 6.92 Å². The third-order valence-corrected chi connectivity index (χ3v) is 1.86. The van der Waals surface area contributed by atoms with Gasteiger partial charge in [0.05, 0.1) is 17.0 Å². The highest BCUT2D eigenvalue weighted by Crippen LogP contribution is 2.23. The van der Waals surface area contributed by atoms with Crippen molar-refractivity contribution < 1.29 is 0 Å². The molecule has 0 aromatic carbocycles. The molecule has 0 aliphatic heterocycles. The molecule has 0 aliphatic rings. The number of hydrogen-bond donors (Lipinski definition) is 0. The summed E-state index contributed by atoms with van der Waals surface area (Å²) in [6.07, 6.45) is 1.51. The van der Waals surface area contributed by atoms with Crippen LogP contribution in [-0.2, 0) is 5.41 Å². The summed E-state index contributed by atoms with van der Waals surface area (Å²) in [6.45, 7) is 7.94. The van der Waals surface area contributed by atoms with Crippen LogP contribution in [0, 0.1) is 18.3 Å². The molecule has 0 fully saturated rings. The maximum atomic E-state index is 8.93. The summed E-state index contributed by atoms with van der Waals surface area (Å²) in [7, 11) is 0. The van der Waals surface area contributed by atoms with E-state index in [4.69, 9.17) is 5.26 Å². The van der Waals surface area contributed by atoms with Gasteiger partial charge in [-0.15, -0.1) is 0 Å². The number of nitriles is 1. The third-order valence-electron chi connectivity index (χ3n) is 1.86. The fourth-order valence-electron chi connectivity index (χ4n) is 1.18. The lowest BCUT2D eigenvalue weighted by molar-refractivity contribution is 0.563. The number of aryl methyl sites for hydroxylation is 1. The first-order valence-electron chi connectivity index (χ1n) is 4.19. The summed E-state index contributed by atoms with van der Waals surface area (Å²) in [6, 6.07) is 2.15. The van der Waals surface area contributed by atoms with Gasteiger partial charge in [0, 0.05) is 5.41 Å². The molecule has 0 saturated heterocycles. The molecular weight excluding hydrogens is 162 g/mol. The number of rotatable bonds is 0. The molecule has 0 radical (unpaired) electrons. The van der Waals surface area contributed by atoms with Gasteiger partial charge < -0.3 is 0 Å². The van der Waals surface area contributed by atoms with Crippen LogP contribution in [0.15, 0.2) is 6.33 Å². The zero-order valence-corrected chi connectivity index (χ0v) is 8.42. The van der Waals surface area contributed by atoms with Crippen molar-refractivity contribution in [2.75, 3.05) is 0 Å². The highest BCUT2D eigenvalue weighted by Gasteiger charge is 2.21. The fraction of sp³-hybridized carbons (Fsp3) is 0.500. The van der Waals surface area contributed by atoms with Crippen LogP contribution in [0.4, 0.5) is 0 Å². The molecule has 0 spiro atoms. The van der Waals surface area contributed by atoms with Gasteiger partial charge in [-0.3, -0.25) is 0 Å². The molecule has 3 heteroatoms. The van der Waals surface area contributed by atoms with Crippen LogP contribution < -0.4 is 0 Å². The van der Waals surface area contributed by atoms with Crippen molar-refractivity contribution in [1.82, 2.24) is 9.97 Å². The molecule has 0 N–H and O–H groups in total. The predicted octanol–water partition coefficient (Wildman–Crippen LogP) is 1.95. The second kappa shape index (κ2) is 3.14. The molecule has 68 valence electrons. The Hall–Kier alpha value is -1.43. The SMILES string of the molecule is Cc1ncnc(C(C)(C)C)c1C#N. The lowest BCUT2D eigenvalue weighted by Crippen LogP contribution is -2.17. The highest BCUT2D eigenvalue weighted by molar-refractivity contribution is 5.39. The van der Waals surface area contributed by atoms with Crippen molar-refractivity contribution in [3.63, 3.8) is 0 Å². The largest absolute Gasteiger partial charge is 0.240 e. The van der Waals surface area contributed by atoms with E-state index in [1.807, 2.05) is 27.7 Å². The summed E-state index contributed by atoms with van der Waals surface area (Å²) in [5.74, 6) is 0. The van der Waals surface area contributed by atoms with E-state index >= 15 is 0 Å². The average molecular weight is 175 g/mol. The Morgan fingerprint density at radius 2 is 1.92 bits per heavy atom. The molecule has 1 aromatic heterocycles. The molecule has 0 unspecified atom stereocenters. The van der Waals surface area contributed by atoms with E-state index in [0.717, 1.165) is 11.4 Å². The van der Waals surface area contributed by atoms with E-state index in [9.17, 15) is 0 Å². The van der Waals surface area contributed by atoms with Gasteiger partial charge in [-0.2, -0.15) is 5.26 Å². The van der Waals surface area contributed by atoms with E-state index in [1.54, 1.807) is 0 Å². The van der Waals surface area contributed by atoms with Gasteiger partial charge in [0.2, 0.25) is 0 Å². The van der Waals surface area contributed by atoms with Crippen molar-refractivity contribution in [1.29, 1.82) is 5.26 Å². The molecule has 1 heterocycles. The Bertz CT molecular complexity index is 355. The summed E-state index contributed by atoms with van der Waals surface area (Å²) in [4.78, 5) is 8.14. The van der Waals surface area contributed by atoms with Gasteiger partial charge in [-0.1, -0.05) is 20.8 Å². The van der Waals surface area contributed by atoms with Crippen LogP contribution in [0.25, 0.3) is 0 Å². The molecule has 3 nitrogen and oxygen atoms in total. The topological polar surface area (TPSA) is 49.6 Å². The molecule has 0 saturated carbocycles. The maximum Gasteiger partial charge on any atom is 0.116 e. The molecule has 13 heavy (non-hydrogen) atoms. The van der Waals surface area contributed by atoms with Crippen LogP contribution >= 0.6 is 0 Å². The first kappa shape index (κ1) is 9.66. The van der Waals surface area contributed by atoms with Crippen LogP contribution in [-0.4, -0.2) is 9.97 Å². The minimum absolute atomic E-state index is 0.0984. The van der Waals surface area contributed by atoms with Gasteiger partial charge in [-0.25, -0.2) is 9.97 Å². The number of nitrogens with zero attached hydrogens (tertiary/aromatic N) is 3. The molecule has 1 rings (SSSR count). The van der Waals surface area contributed by atoms with Crippen LogP contribution in [0.3, 0.4) is 0 Å². The van der Waals surface area contributed by atoms with E-state index in [0.29, 0.717) is 5.56 Å². The molecule has 1 aromatic rings. The third kappa shape index (κ3) is 1.83. The number of aromatic nitrogens is 2. The lowest BCUT2D eigenvalue weighted by atomic mass is 9.88. The quantitative estimate of drug-likeness (QED) is 0.605. The van der Waals surface area contributed by atoms with Gasteiger partial charge >= 0.3 is 0 Å². The minimum Gasteiger partial charge on any atom is -0.240 e. The van der Waals surface area contributed by atoms with Crippen molar-refractivity contribution in [3.8, 4) is 6.07 Å². The maximum absolute atomic E-state index is 8.93. The van der Waals surface area contributed by atoms with Crippen molar-refractivity contribution in [3.05, 3.63) is 23.3 Å². The normalized spacial score (nSPS) is 11.0. The summed E-state index contributed by atoms with van der Waals surface area (Å²) in [5, 5.41) is 8.93. The Kier molecular flexibility index (Phi) is 2.33. The molecule has 0 aliphatic carbocycles. The van der Waals surface area contributed by atoms with Crippen molar-refractivity contribution in [2.24, 2.45) is 0 Å². The minimum atomic E-state index is -0.0984. The first-order chi connectivity index (χ1) is 5.96. The molecule has 0 amide bonds. The molecule has 0 bridgehead atoms. The molecule has 0 atom stereocenters. The van der Waals surface area contributed by atoms with Gasteiger partial charge in [0.25, 0.3) is 0 Å². The molecular formula is C10H13N3. The van der Waals surface area contributed by atoms with Gasteiger partial charge in [0.1, 0.15) is 12.4 Å². The predicted molar refractivity (Wildman–Crippen MR) is 50.2 cm³/mol. The van der Waals surface area contributed by atoms with Crippen LogP contribution in [0.5, 0.6) is 0 Å². The van der Waals surface area contributed by atoms with Gasteiger partial charge in [0.15, 0.2) is 0 Å². The first-order valence-corrected chi connectivity index (χ1v) is 4.19. The van der Waals surface area contributed by atoms with Crippen molar-refractivity contribution in [2.45, 2.75) is 33.1 Å². The standard InChI is InChI=1S/C10H13N3/c1-7-8(5-11)9(10(2,3)4)13-6-12-7/h6H,1-4H3. The number of hydrogen-bond acceptors (Lipinski definition) is 3. The van der Waals surface area contributed by atoms with Crippen molar-refractivity contribution >= 4 is 0 Å². The average Bonchev–Trinajstić information content (AvgIpc) is 2.02. The van der Waals surface area contributed by atoms with Crippen LogP contribution in [0.2, 0.25) is 0 Å². The second-order valence-electron chi connectivity index (χ2n) is 4.04. The Morgan fingerprint density at radius 1 is 1.31 bits per heavy atom. The monoisotopic (exact) mass is 175 g/mol. The van der Waals surface area contributed by atoms with E-state index < -0.39 is 0 Å². The van der Waals surface area contributed by atoms with Crippen LogP contribution in [0.1, 0.15) is 37.7 Å². The Morgan fingerprint density at radius 3 is 2.31 bits per heavy atom. The highest BCUT2D eigenvalue weighted by atomic mass is 14.8. The summed E-state index contributed by atoms with van der Waals surface area (Å²) in [5.41, 5.74) is 2.08. The van der Waals surface area contributed by atoms with E-state index in [1.165, 1.54) is 6.33 Å². The smallest absolute Gasteiger partial charge is 0.116 e. The zero-order valence-electron chi connectivity index (χ0n) is 8.42. The zero-order chi connectivity index (χ0) is 10.1. The Labute approximate surface area is 78.5 Å². The second-order valence-corrected chi connectivity index (χ2v) is 4.04. The van der Waals surface area contributed by atoms with E-state index in [-0.39, 0.29) is 5.41 Å². The fourth-order valence-corrected chi connectivity index (χ4v) is 1.18. The summed E-state index contributed by atoms with van der Waals surface area (Å²) < 4.78 is 0. The lowest BCUT2D eigenvalue weighted by Gasteiger charge is -2.18. The summed E-state index contributed by atoms with van der Waals surface area (Å²) >= 11 is 0. The Balaban J connectivity index is 3.40. The van der Waals surface area contributed by atoms with E-state index in [2.05, 4.69) is 16.0 Å².